The van der Waals surface area contributed by atoms with Gasteiger partial charge in [0.2, 0.25) is 0 Å². The third-order valence-electron chi connectivity index (χ3n) is 2.42. The molecule has 3 nitrogen and oxygen atoms in total. The molecule has 74 valence electrons. The summed E-state index contributed by atoms with van der Waals surface area (Å²) in [5.41, 5.74) is 3.18. The number of aromatic nitrogens is 2. The monoisotopic (exact) mass is 190 g/mol. The van der Waals surface area contributed by atoms with Gasteiger partial charge in [0.1, 0.15) is 5.65 Å². The van der Waals surface area contributed by atoms with Crippen molar-refractivity contribution in [3.63, 3.8) is 0 Å². The van der Waals surface area contributed by atoms with E-state index in [1.54, 1.807) is 7.11 Å². The zero-order chi connectivity index (χ0) is 10.1. The van der Waals surface area contributed by atoms with Gasteiger partial charge < -0.3 is 9.14 Å². The summed E-state index contributed by atoms with van der Waals surface area (Å²) in [6.07, 6.45) is 4.20. The van der Waals surface area contributed by atoms with Crippen LogP contribution in [0.2, 0.25) is 0 Å². The second-order valence-corrected chi connectivity index (χ2v) is 3.49. The fraction of sp³-hybridized carbons (Fsp3) is 0.364. The minimum absolute atomic E-state index is 0.127. The highest BCUT2D eigenvalue weighted by molar-refractivity contribution is 5.41. The highest BCUT2D eigenvalue weighted by Crippen LogP contribution is 2.16. The van der Waals surface area contributed by atoms with Gasteiger partial charge in [0.25, 0.3) is 0 Å². The summed E-state index contributed by atoms with van der Waals surface area (Å²) in [5.74, 6) is 0. The first-order valence-corrected chi connectivity index (χ1v) is 4.69. The minimum atomic E-state index is 0.127. The molecule has 0 bridgehead atoms. The predicted octanol–water partition coefficient (Wildman–Crippen LogP) is 2.35. The van der Waals surface area contributed by atoms with E-state index < -0.39 is 0 Å². The first kappa shape index (κ1) is 9.21. The van der Waals surface area contributed by atoms with Crippen molar-refractivity contribution >= 4 is 5.65 Å². The Bertz CT molecular complexity index is 447. The molecule has 0 N–H and O–H groups in total. The second kappa shape index (κ2) is 3.42. The van der Waals surface area contributed by atoms with Gasteiger partial charge in [-0.3, -0.25) is 0 Å². The molecule has 2 heterocycles. The largest absolute Gasteiger partial charge is 0.377 e. The summed E-state index contributed by atoms with van der Waals surface area (Å²) >= 11 is 0. The lowest BCUT2D eigenvalue weighted by molar-refractivity contribution is 0.119. The Morgan fingerprint density at radius 3 is 2.86 bits per heavy atom. The van der Waals surface area contributed by atoms with Crippen LogP contribution in [0.4, 0.5) is 0 Å². The van der Waals surface area contributed by atoms with Crippen molar-refractivity contribution in [2.75, 3.05) is 7.11 Å². The molecule has 14 heavy (non-hydrogen) atoms. The molecule has 2 aromatic heterocycles. The molecular formula is C11H14N2O. The van der Waals surface area contributed by atoms with E-state index in [-0.39, 0.29) is 6.10 Å². The van der Waals surface area contributed by atoms with Crippen LogP contribution in [0.5, 0.6) is 0 Å². The van der Waals surface area contributed by atoms with Crippen LogP contribution in [0.1, 0.15) is 24.3 Å². The van der Waals surface area contributed by atoms with Gasteiger partial charge in [-0.05, 0) is 25.5 Å². The molecule has 0 fully saturated rings. The zero-order valence-electron chi connectivity index (χ0n) is 8.69. The maximum Gasteiger partial charge on any atom is 0.136 e. The van der Waals surface area contributed by atoms with Gasteiger partial charge in [-0.2, -0.15) is 0 Å². The van der Waals surface area contributed by atoms with Crippen LogP contribution in [-0.2, 0) is 4.74 Å². The van der Waals surface area contributed by atoms with Crippen LogP contribution in [0.25, 0.3) is 5.65 Å². The summed E-state index contributed by atoms with van der Waals surface area (Å²) in [6.45, 7) is 4.03. The Kier molecular flexibility index (Phi) is 2.25. The number of methoxy groups -OCH3 is 1. The van der Waals surface area contributed by atoms with Crippen molar-refractivity contribution in [3.05, 3.63) is 35.8 Å². The lowest BCUT2D eigenvalue weighted by Crippen LogP contribution is -1.97. The Hall–Kier alpha value is -1.35. The average molecular weight is 190 g/mol. The number of hydrogen-bond donors (Lipinski definition) is 0. The molecule has 0 radical (unpaired) electrons. The van der Waals surface area contributed by atoms with E-state index in [2.05, 4.69) is 17.2 Å². The normalized spacial score (nSPS) is 13.4. The fourth-order valence-corrected chi connectivity index (χ4v) is 1.51. The molecule has 1 unspecified atom stereocenters. The standard InChI is InChI=1S/C11H14N2O/c1-8-6-13-7-10(9(2)14-3)4-5-11(13)12-8/h4-7,9H,1-3H3. The molecule has 3 heteroatoms. The number of rotatable bonds is 2. The molecule has 0 aromatic carbocycles. The van der Waals surface area contributed by atoms with Crippen molar-refractivity contribution in [3.8, 4) is 0 Å². The molecule has 0 aliphatic rings. The van der Waals surface area contributed by atoms with E-state index in [1.165, 1.54) is 0 Å². The lowest BCUT2D eigenvalue weighted by atomic mass is 10.2. The third kappa shape index (κ3) is 1.51. The van der Waals surface area contributed by atoms with Crippen LogP contribution < -0.4 is 0 Å². The number of fused-ring (bicyclic) bond motifs is 1. The smallest absolute Gasteiger partial charge is 0.136 e. The van der Waals surface area contributed by atoms with Crippen molar-refractivity contribution in [2.45, 2.75) is 20.0 Å². The SMILES string of the molecule is COC(C)c1ccc2nc(C)cn2c1. The Morgan fingerprint density at radius 1 is 1.36 bits per heavy atom. The number of aryl methyl sites for hydroxylation is 1. The fourth-order valence-electron chi connectivity index (χ4n) is 1.51. The molecule has 0 saturated carbocycles. The van der Waals surface area contributed by atoms with Gasteiger partial charge >= 0.3 is 0 Å². The average Bonchev–Trinajstić information content (AvgIpc) is 2.55. The lowest BCUT2D eigenvalue weighted by Gasteiger charge is -2.09. The van der Waals surface area contributed by atoms with Crippen molar-refractivity contribution < 1.29 is 4.74 Å². The van der Waals surface area contributed by atoms with Gasteiger partial charge in [0, 0.05) is 19.5 Å². The first-order chi connectivity index (χ1) is 6.70. The summed E-state index contributed by atoms with van der Waals surface area (Å²) in [5, 5.41) is 0. The predicted molar refractivity (Wildman–Crippen MR) is 55.4 cm³/mol. The molecule has 0 saturated heterocycles. The van der Waals surface area contributed by atoms with E-state index in [1.807, 2.05) is 30.5 Å². The van der Waals surface area contributed by atoms with Crippen LogP contribution in [0.15, 0.2) is 24.5 Å². The van der Waals surface area contributed by atoms with Crippen molar-refractivity contribution in [1.82, 2.24) is 9.38 Å². The number of nitrogens with zero attached hydrogens (tertiary/aromatic N) is 2. The molecular weight excluding hydrogens is 176 g/mol. The minimum Gasteiger partial charge on any atom is -0.377 e. The molecule has 0 amide bonds. The van der Waals surface area contributed by atoms with E-state index in [0.29, 0.717) is 0 Å². The Labute approximate surface area is 83.3 Å². The molecule has 0 aliphatic carbocycles. The van der Waals surface area contributed by atoms with Crippen molar-refractivity contribution in [1.29, 1.82) is 0 Å². The Balaban J connectivity index is 2.50. The van der Waals surface area contributed by atoms with E-state index in [4.69, 9.17) is 4.74 Å². The number of pyridine rings is 1. The summed E-state index contributed by atoms with van der Waals surface area (Å²) in [4.78, 5) is 4.36. The topological polar surface area (TPSA) is 26.5 Å². The summed E-state index contributed by atoms with van der Waals surface area (Å²) in [6, 6.07) is 4.06. The maximum absolute atomic E-state index is 5.26. The Morgan fingerprint density at radius 2 is 2.14 bits per heavy atom. The third-order valence-corrected chi connectivity index (χ3v) is 2.42. The highest BCUT2D eigenvalue weighted by Gasteiger charge is 2.05. The number of imidazole rings is 1. The van der Waals surface area contributed by atoms with Crippen LogP contribution >= 0.6 is 0 Å². The van der Waals surface area contributed by atoms with Gasteiger partial charge in [-0.25, -0.2) is 4.98 Å². The highest BCUT2D eigenvalue weighted by atomic mass is 16.5. The van der Waals surface area contributed by atoms with Gasteiger partial charge in [-0.15, -0.1) is 0 Å². The molecule has 0 spiro atoms. The van der Waals surface area contributed by atoms with E-state index >= 15 is 0 Å². The summed E-state index contributed by atoms with van der Waals surface area (Å²) < 4.78 is 7.29. The first-order valence-electron chi connectivity index (χ1n) is 4.69. The zero-order valence-corrected chi connectivity index (χ0v) is 8.69. The van der Waals surface area contributed by atoms with E-state index in [0.717, 1.165) is 16.9 Å². The maximum atomic E-state index is 5.26. The van der Waals surface area contributed by atoms with E-state index in [9.17, 15) is 0 Å². The molecule has 0 aliphatic heterocycles. The summed E-state index contributed by atoms with van der Waals surface area (Å²) in [7, 11) is 1.72. The molecule has 2 rings (SSSR count). The number of ether oxygens (including phenoxy) is 1. The molecule has 1 atom stereocenters. The second-order valence-electron chi connectivity index (χ2n) is 3.49. The number of hydrogen-bond acceptors (Lipinski definition) is 2. The van der Waals surface area contributed by atoms with Gasteiger partial charge in [0.15, 0.2) is 0 Å². The molecule has 2 aromatic rings. The van der Waals surface area contributed by atoms with Crippen molar-refractivity contribution in [2.24, 2.45) is 0 Å². The quantitative estimate of drug-likeness (QED) is 0.726. The van der Waals surface area contributed by atoms with Crippen LogP contribution in [-0.4, -0.2) is 16.5 Å². The van der Waals surface area contributed by atoms with Crippen LogP contribution in [0, 0.1) is 6.92 Å². The van der Waals surface area contributed by atoms with Crippen LogP contribution in [0.3, 0.4) is 0 Å². The van der Waals surface area contributed by atoms with Gasteiger partial charge in [0.05, 0.1) is 11.8 Å². The van der Waals surface area contributed by atoms with Gasteiger partial charge in [-0.1, -0.05) is 6.07 Å².